The summed E-state index contributed by atoms with van der Waals surface area (Å²) in [4.78, 5) is 10.9. The quantitative estimate of drug-likeness (QED) is 0.738. The first-order valence-electron chi connectivity index (χ1n) is 6.81. The smallest absolute Gasteiger partial charge is 0.180 e. The van der Waals surface area contributed by atoms with Crippen molar-refractivity contribution in [2.45, 2.75) is 0 Å². The molecule has 0 spiro atoms. The summed E-state index contributed by atoms with van der Waals surface area (Å²) in [5.74, 6) is -1.06. The number of rotatable bonds is 1. The minimum absolute atomic E-state index is 0.424. The molecule has 1 aliphatic rings. The van der Waals surface area contributed by atoms with Crippen LogP contribution in [0.4, 0.5) is 14.6 Å². The van der Waals surface area contributed by atoms with Crippen LogP contribution in [0.3, 0.4) is 0 Å². The van der Waals surface area contributed by atoms with E-state index in [0.29, 0.717) is 22.5 Å². The first-order chi connectivity index (χ1) is 10.2. The maximum absolute atomic E-state index is 13.5. The molecule has 0 unspecified atom stereocenters. The summed E-state index contributed by atoms with van der Waals surface area (Å²) in [7, 11) is 0. The number of nitrogens with zero attached hydrogens (tertiary/aromatic N) is 4. The molecule has 7 heteroatoms. The highest BCUT2D eigenvalue weighted by atomic mass is 19.2. The van der Waals surface area contributed by atoms with Crippen LogP contribution in [0.2, 0.25) is 0 Å². The lowest BCUT2D eigenvalue weighted by molar-refractivity contribution is 0.510. The molecule has 1 fully saturated rings. The van der Waals surface area contributed by atoms with Crippen LogP contribution >= 0.6 is 0 Å². The third kappa shape index (κ3) is 1.92. The monoisotopic (exact) mass is 289 g/mol. The van der Waals surface area contributed by atoms with Gasteiger partial charge in [-0.15, -0.1) is 0 Å². The molecule has 108 valence electrons. The van der Waals surface area contributed by atoms with Crippen molar-refractivity contribution >= 4 is 22.5 Å². The van der Waals surface area contributed by atoms with Gasteiger partial charge in [0.2, 0.25) is 0 Å². The number of halogens is 2. The van der Waals surface area contributed by atoms with Gasteiger partial charge in [0.1, 0.15) is 0 Å². The molecule has 4 rings (SSSR count). The normalized spacial score (nSPS) is 16.0. The highest BCUT2D eigenvalue weighted by Crippen LogP contribution is 2.25. The number of aromatic nitrogens is 3. The Labute approximate surface area is 119 Å². The Morgan fingerprint density at radius 3 is 2.67 bits per heavy atom. The Morgan fingerprint density at radius 1 is 1.10 bits per heavy atom. The van der Waals surface area contributed by atoms with Gasteiger partial charge in [0.05, 0.1) is 11.0 Å². The van der Waals surface area contributed by atoms with Gasteiger partial charge in [-0.3, -0.25) is 4.40 Å². The van der Waals surface area contributed by atoms with Crippen molar-refractivity contribution in [3.63, 3.8) is 0 Å². The predicted octanol–water partition coefficient (Wildman–Crippen LogP) is 1.57. The van der Waals surface area contributed by atoms with Gasteiger partial charge in [0.15, 0.2) is 23.1 Å². The highest BCUT2D eigenvalue weighted by molar-refractivity contribution is 5.83. The fourth-order valence-electron chi connectivity index (χ4n) is 2.72. The van der Waals surface area contributed by atoms with E-state index in [0.717, 1.165) is 38.3 Å². The lowest BCUT2D eigenvalue weighted by Crippen LogP contribution is -2.44. The first-order valence-corrected chi connectivity index (χ1v) is 6.81. The Bertz CT molecular complexity index is 823. The lowest BCUT2D eigenvalue weighted by Gasteiger charge is -2.28. The molecule has 3 heterocycles. The molecule has 0 amide bonds. The zero-order valence-corrected chi connectivity index (χ0v) is 11.2. The largest absolute Gasteiger partial charge is 0.351 e. The van der Waals surface area contributed by atoms with E-state index in [9.17, 15) is 8.78 Å². The molecule has 0 aliphatic carbocycles. The molecule has 5 nitrogen and oxygen atoms in total. The molecule has 0 atom stereocenters. The average molecular weight is 289 g/mol. The minimum atomic E-state index is -0.888. The second-order valence-corrected chi connectivity index (χ2v) is 5.05. The fourth-order valence-corrected chi connectivity index (χ4v) is 2.72. The number of imidazole rings is 1. The van der Waals surface area contributed by atoms with Crippen molar-refractivity contribution in [3.8, 4) is 0 Å². The summed E-state index contributed by atoms with van der Waals surface area (Å²) in [6.07, 6.45) is 3.38. The summed E-state index contributed by atoms with van der Waals surface area (Å²) in [5.41, 5.74) is 1.60. The van der Waals surface area contributed by atoms with E-state index < -0.39 is 11.6 Å². The topological polar surface area (TPSA) is 45.5 Å². The van der Waals surface area contributed by atoms with Crippen LogP contribution in [-0.2, 0) is 0 Å². The predicted molar refractivity (Wildman–Crippen MR) is 75.5 cm³/mol. The van der Waals surface area contributed by atoms with E-state index in [4.69, 9.17) is 0 Å². The number of piperazine rings is 1. The van der Waals surface area contributed by atoms with Gasteiger partial charge < -0.3 is 10.2 Å². The molecule has 1 N–H and O–H groups in total. The van der Waals surface area contributed by atoms with E-state index in [-0.39, 0.29) is 0 Å². The van der Waals surface area contributed by atoms with Gasteiger partial charge in [-0.25, -0.2) is 18.7 Å². The number of benzene rings is 1. The molecule has 0 saturated carbocycles. The van der Waals surface area contributed by atoms with Crippen molar-refractivity contribution in [1.82, 2.24) is 19.7 Å². The Hall–Kier alpha value is -2.28. The zero-order chi connectivity index (χ0) is 14.4. The van der Waals surface area contributed by atoms with Crippen molar-refractivity contribution in [3.05, 3.63) is 36.2 Å². The molecule has 1 saturated heterocycles. The van der Waals surface area contributed by atoms with E-state index in [1.54, 1.807) is 16.8 Å². The van der Waals surface area contributed by atoms with Crippen LogP contribution in [-0.4, -0.2) is 40.5 Å². The van der Waals surface area contributed by atoms with Crippen LogP contribution in [0.5, 0.6) is 0 Å². The van der Waals surface area contributed by atoms with Gasteiger partial charge in [-0.1, -0.05) is 0 Å². The summed E-state index contributed by atoms with van der Waals surface area (Å²) in [6.45, 7) is 3.35. The molecule has 0 radical (unpaired) electrons. The zero-order valence-electron chi connectivity index (χ0n) is 11.2. The Kier molecular flexibility index (Phi) is 2.75. The highest BCUT2D eigenvalue weighted by Gasteiger charge is 2.19. The van der Waals surface area contributed by atoms with Crippen LogP contribution in [0, 0.1) is 11.6 Å². The molecule has 3 aromatic rings. The van der Waals surface area contributed by atoms with E-state index >= 15 is 0 Å². The third-order valence-electron chi connectivity index (χ3n) is 3.76. The van der Waals surface area contributed by atoms with E-state index in [1.165, 1.54) is 0 Å². The second-order valence-electron chi connectivity index (χ2n) is 5.05. The molecule has 1 aliphatic heterocycles. The van der Waals surface area contributed by atoms with Gasteiger partial charge in [-0.05, 0) is 0 Å². The third-order valence-corrected chi connectivity index (χ3v) is 3.76. The molecule has 0 bridgehead atoms. The number of hydrogen-bond acceptors (Lipinski definition) is 4. The van der Waals surface area contributed by atoms with Crippen molar-refractivity contribution in [2.75, 3.05) is 31.1 Å². The molecular weight excluding hydrogens is 276 g/mol. The fraction of sp³-hybridized carbons (Fsp3) is 0.286. The summed E-state index contributed by atoms with van der Waals surface area (Å²) in [6, 6.07) is 2.30. The van der Waals surface area contributed by atoms with Gasteiger partial charge in [0, 0.05) is 50.7 Å². The number of nitrogens with one attached hydrogen (secondary N) is 1. The SMILES string of the molecule is Fc1cc2nc(N3CCNCC3)c3nccn3c2cc1F. The molecular formula is C14H13F2N5. The first kappa shape index (κ1) is 12.5. The van der Waals surface area contributed by atoms with Crippen LogP contribution in [0.25, 0.3) is 16.7 Å². The summed E-state index contributed by atoms with van der Waals surface area (Å²) >= 11 is 0. The van der Waals surface area contributed by atoms with Crippen molar-refractivity contribution in [1.29, 1.82) is 0 Å². The second kappa shape index (κ2) is 4.63. The van der Waals surface area contributed by atoms with Crippen LogP contribution in [0.1, 0.15) is 0 Å². The Balaban J connectivity index is 2.00. The summed E-state index contributed by atoms with van der Waals surface area (Å²) < 4.78 is 28.7. The lowest BCUT2D eigenvalue weighted by atomic mass is 10.2. The van der Waals surface area contributed by atoms with E-state index in [2.05, 4.69) is 20.2 Å². The molecule has 2 aromatic heterocycles. The Morgan fingerprint density at radius 2 is 1.86 bits per heavy atom. The number of anilines is 1. The van der Waals surface area contributed by atoms with Gasteiger partial charge in [-0.2, -0.15) is 0 Å². The van der Waals surface area contributed by atoms with E-state index in [1.807, 2.05) is 0 Å². The van der Waals surface area contributed by atoms with Crippen LogP contribution < -0.4 is 10.2 Å². The average Bonchev–Trinajstić information content (AvgIpc) is 2.99. The maximum Gasteiger partial charge on any atom is 0.180 e. The number of hydrogen-bond donors (Lipinski definition) is 1. The van der Waals surface area contributed by atoms with Crippen molar-refractivity contribution < 1.29 is 8.78 Å². The van der Waals surface area contributed by atoms with Gasteiger partial charge in [0.25, 0.3) is 0 Å². The molecule has 1 aromatic carbocycles. The minimum Gasteiger partial charge on any atom is -0.351 e. The van der Waals surface area contributed by atoms with Crippen molar-refractivity contribution in [2.24, 2.45) is 0 Å². The standard InChI is InChI=1S/C14H13F2N5/c15-9-7-11-12(8-10(9)16)21-6-3-18-13(21)14(19-11)20-4-1-17-2-5-20/h3,6-8,17H,1-2,4-5H2. The maximum atomic E-state index is 13.5. The molecule has 21 heavy (non-hydrogen) atoms. The van der Waals surface area contributed by atoms with Crippen LogP contribution in [0.15, 0.2) is 24.5 Å². The van der Waals surface area contributed by atoms with Gasteiger partial charge >= 0.3 is 0 Å². The number of fused-ring (bicyclic) bond motifs is 3. The summed E-state index contributed by atoms with van der Waals surface area (Å²) in [5, 5.41) is 3.27.